The first-order chi connectivity index (χ1) is 12.7. The third-order valence-electron chi connectivity index (χ3n) is 5.03. The molecule has 1 fully saturated rings. The lowest BCUT2D eigenvalue weighted by Gasteiger charge is -2.22. The molecule has 7 heteroatoms. The van der Waals surface area contributed by atoms with Gasteiger partial charge in [0.05, 0.1) is 17.1 Å². The van der Waals surface area contributed by atoms with Crippen LogP contribution >= 0.6 is 22.7 Å². The van der Waals surface area contributed by atoms with Gasteiger partial charge in [-0.2, -0.15) is 0 Å². The Balaban J connectivity index is 1.43. The third kappa shape index (κ3) is 2.24. The number of rotatable bonds is 3. The molecule has 1 saturated heterocycles. The van der Waals surface area contributed by atoms with Crippen molar-refractivity contribution < 1.29 is 9.59 Å². The van der Waals surface area contributed by atoms with Crippen LogP contribution in [0.4, 0.5) is 4.79 Å². The number of benzene rings is 1. The van der Waals surface area contributed by atoms with E-state index in [4.69, 9.17) is 0 Å². The standard InChI is InChI=1S/C19H15N3O2S2/c23-17-19(8-7-12-4-1-2-5-14(12)19)21-18(24)22(17)10-13-11-26-16(20-13)15-6-3-9-25-15/h1-6,9,11H,7-8,10H2,(H,21,24)/t19-/m1/s1. The molecule has 5 rings (SSSR count). The summed E-state index contributed by atoms with van der Waals surface area (Å²) < 4.78 is 0. The number of carbonyl (C=O) groups excluding carboxylic acids is 2. The highest BCUT2D eigenvalue weighted by Gasteiger charge is 2.55. The van der Waals surface area contributed by atoms with Gasteiger partial charge in [-0.15, -0.1) is 22.7 Å². The first-order valence-electron chi connectivity index (χ1n) is 8.38. The summed E-state index contributed by atoms with van der Waals surface area (Å²) in [6.45, 7) is 0.205. The van der Waals surface area contributed by atoms with Gasteiger partial charge in [0.2, 0.25) is 0 Å². The number of fused-ring (bicyclic) bond motifs is 2. The van der Waals surface area contributed by atoms with Crippen molar-refractivity contribution in [3.05, 3.63) is 64.0 Å². The van der Waals surface area contributed by atoms with Gasteiger partial charge in [0.25, 0.3) is 5.91 Å². The average molecular weight is 381 g/mol. The molecule has 0 unspecified atom stereocenters. The molecular weight excluding hydrogens is 366 g/mol. The van der Waals surface area contributed by atoms with Crippen LogP contribution < -0.4 is 5.32 Å². The van der Waals surface area contributed by atoms with Crippen molar-refractivity contribution in [3.63, 3.8) is 0 Å². The van der Waals surface area contributed by atoms with Crippen molar-refractivity contribution in [1.82, 2.24) is 15.2 Å². The Morgan fingerprint density at radius 3 is 2.88 bits per heavy atom. The Labute approximate surface area is 158 Å². The molecule has 1 aromatic carbocycles. The molecule has 3 aromatic rings. The van der Waals surface area contributed by atoms with Gasteiger partial charge in [-0.05, 0) is 35.4 Å². The van der Waals surface area contributed by atoms with Gasteiger partial charge < -0.3 is 5.32 Å². The summed E-state index contributed by atoms with van der Waals surface area (Å²) in [5.41, 5.74) is 1.90. The number of carbonyl (C=O) groups is 2. The van der Waals surface area contributed by atoms with Crippen LogP contribution in [0.3, 0.4) is 0 Å². The molecule has 26 heavy (non-hydrogen) atoms. The quantitative estimate of drug-likeness (QED) is 0.703. The third-order valence-corrected chi connectivity index (χ3v) is 6.96. The topological polar surface area (TPSA) is 62.3 Å². The van der Waals surface area contributed by atoms with Gasteiger partial charge in [0.1, 0.15) is 10.5 Å². The van der Waals surface area contributed by atoms with Crippen LogP contribution in [0.5, 0.6) is 0 Å². The number of thiophene rings is 1. The molecule has 1 atom stereocenters. The molecule has 1 spiro atoms. The minimum Gasteiger partial charge on any atom is -0.319 e. The number of hydrogen-bond donors (Lipinski definition) is 1. The summed E-state index contributed by atoms with van der Waals surface area (Å²) >= 11 is 3.16. The van der Waals surface area contributed by atoms with Crippen molar-refractivity contribution in [2.24, 2.45) is 0 Å². The first kappa shape index (κ1) is 15.7. The summed E-state index contributed by atoms with van der Waals surface area (Å²) in [5.74, 6) is -0.168. The fourth-order valence-corrected chi connectivity index (χ4v) is 5.41. The van der Waals surface area contributed by atoms with Crippen LogP contribution in [0, 0.1) is 0 Å². The van der Waals surface area contributed by atoms with E-state index in [2.05, 4.69) is 10.3 Å². The molecule has 1 N–H and O–H groups in total. The smallest absolute Gasteiger partial charge is 0.319 e. The number of aryl methyl sites for hydroxylation is 1. The van der Waals surface area contributed by atoms with E-state index in [0.717, 1.165) is 33.1 Å². The Morgan fingerprint density at radius 2 is 2.04 bits per heavy atom. The summed E-state index contributed by atoms with van der Waals surface area (Å²) in [6.07, 6.45) is 1.42. The van der Waals surface area contributed by atoms with Gasteiger partial charge in [-0.1, -0.05) is 30.3 Å². The van der Waals surface area contributed by atoms with Crippen LogP contribution in [-0.4, -0.2) is 21.8 Å². The zero-order valence-electron chi connectivity index (χ0n) is 13.8. The molecule has 3 amide bonds. The monoisotopic (exact) mass is 381 g/mol. The molecule has 1 aliphatic heterocycles. The minimum atomic E-state index is -0.902. The molecule has 5 nitrogen and oxygen atoms in total. The van der Waals surface area contributed by atoms with E-state index in [9.17, 15) is 9.59 Å². The summed E-state index contributed by atoms with van der Waals surface area (Å²) in [5, 5.41) is 7.80. The normalized spacial score (nSPS) is 21.5. The second kappa shape index (κ2) is 5.75. The van der Waals surface area contributed by atoms with E-state index >= 15 is 0 Å². The summed E-state index contributed by atoms with van der Waals surface area (Å²) in [4.78, 5) is 32.7. The lowest BCUT2D eigenvalue weighted by molar-refractivity contribution is -0.132. The number of imide groups is 1. The molecule has 3 heterocycles. The number of nitrogens with one attached hydrogen (secondary N) is 1. The molecule has 2 aliphatic rings. The SMILES string of the molecule is O=C1N[C@@]2(CCc3ccccc32)C(=O)N1Cc1csc(-c2cccs2)n1. The molecule has 2 aromatic heterocycles. The Kier molecular flexibility index (Phi) is 3.48. The van der Waals surface area contributed by atoms with Crippen molar-refractivity contribution >= 4 is 34.6 Å². The predicted octanol–water partition coefficient (Wildman–Crippen LogP) is 3.77. The highest BCUT2D eigenvalue weighted by atomic mass is 32.1. The van der Waals surface area contributed by atoms with Crippen LogP contribution in [-0.2, 0) is 23.3 Å². The maximum atomic E-state index is 13.2. The van der Waals surface area contributed by atoms with Crippen LogP contribution in [0.1, 0.15) is 23.2 Å². The molecule has 1 aliphatic carbocycles. The number of thiazole rings is 1. The zero-order valence-corrected chi connectivity index (χ0v) is 15.4. The summed E-state index contributed by atoms with van der Waals surface area (Å²) in [7, 11) is 0. The lowest BCUT2D eigenvalue weighted by atomic mass is 9.92. The van der Waals surface area contributed by atoms with Crippen molar-refractivity contribution in [1.29, 1.82) is 0 Å². The van der Waals surface area contributed by atoms with E-state index in [1.807, 2.05) is 47.2 Å². The zero-order chi connectivity index (χ0) is 17.7. The van der Waals surface area contributed by atoms with Crippen molar-refractivity contribution in [2.45, 2.75) is 24.9 Å². The Hall–Kier alpha value is -2.51. The van der Waals surface area contributed by atoms with Gasteiger partial charge in [-0.3, -0.25) is 9.69 Å². The highest BCUT2D eigenvalue weighted by molar-refractivity contribution is 7.20. The van der Waals surface area contributed by atoms with E-state index in [1.165, 1.54) is 16.2 Å². The first-order valence-corrected chi connectivity index (χ1v) is 10.1. The number of hydrogen-bond acceptors (Lipinski definition) is 5. The Bertz CT molecular complexity index is 1010. The molecule has 0 bridgehead atoms. The van der Waals surface area contributed by atoms with Gasteiger partial charge in [0, 0.05) is 5.38 Å². The predicted molar refractivity (Wildman–Crippen MR) is 101 cm³/mol. The van der Waals surface area contributed by atoms with E-state index in [-0.39, 0.29) is 18.5 Å². The van der Waals surface area contributed by atoms with Crippen LogP contribution in [0.2, 0.25) is 0 Å². The fraction of sp³-hybridized carbons (Fsp3) is 0.211. The second-order valence-electron chi connectivity index (χ2n) is 6.51. The van der Waals surface area contributed by atoms with Crippen LogP contribution in [0.25, 0.3) is 9.88 Å². The number of nitrogens with zero attached hydrogens (tertiary/aromatic N) is 2. The fourth-order valence-electron chi connectivity index (χ4n) is 3.79. The number of urea groups is 1. The van der Waals surface area contributed by atoms with E-state index in [1.54, 1.807) is 11.3 Å². The maximum absolute atomic E-state index is 13.2. The summed E-state index contributed by atoms with van der Waals surface area (Å²) in [6, 6.07) is 11.5. The number of aromatic nitrogens is 1. The van der Waals surface area contributed by atoms with E-state index in [0.29, 0.717) is 6.42 Å². The number of amides is 3. The van der Waals surface area contributed by atoms with Crippen molar-refractivity contribution in [3.8, 4) is 9.88 Å². The maximum Gasteiger partial charge on any atom is 0.325 e. The highest BCUT2D eigenvalue weighted by Crippen LogP contribution is 2.41. The molecule has 130 valence electrons. The van der Waals surface area contributed by atoms with Crippen molar-refractivity contribution in [2.75, 3.05) is 0 Å². The molecule has 0 radical (unpaired) electrons. The minimum absolute atomic E-state index is 0.168. The second-order valence-corrected chi connectivity index (χ2v) is 8.31. The average Bonchev–Trinajstić information content (AvgIpc) is 3.41. The van der Waals surface area contributed by atoms with E-state index < -0.39 is 5.54 Å². The molecule has 0 saturated carbocycles. The lowest BCUT2D eigenvalue weighted by Crippen LogP contribution is -2.41. The Morgan fingerprint density at radius 1 is 1.15 bits per heavy atom. The largest absolute Gasteiger partial charge is 0.325 e. The molecular formula is C19H15N3O2S2. The van der Waals surface area contributed by atoms with Gasteiger partial charge >= 0.3 is 6.03 Å². The van der Waals surface area contributed by atoms with Gasteiger partial charge in [-0.25, -0.2) is 9.78 Å². The van der Waals surface area contributed by atoms with Crippen LogP contribution in [0.15, 0.2) is 47.2 Å². The van der Waals surface area contributed by atoms with Gasteiger partial charge in [0.15, 0.2) is 0 Å².